The fourth-order valence-corrected chi connectivity index (χ4v) is 4.11. The van der Waals surface area contributed by atoms with Gasteiger partial charge in [-0.3, -0.25) is 9.98 Å². The molecular formula is C26H21Cl2N5. The minimum atomic E-state index is 0.115. The van der Waals surface area contributed by atoms with E-state index in [2.05, 4.69) is 34.8 Å². The molecule has 2 heterocycles. The monoisotopic (exact) mass is 473 g/mol. The quantitative estimate of drug-likeness (QED) is 0.289. The van der Waals surface area contributed by atoms with Crippen LogP contribution in [0.2, 0.25) is 10.0 Å². The molecule has 164 valence electrons. The summed E-state index contributed by atoms with van der Waals surface area (Å²) in [6, 6.07) is 21.8. The smallest absolute Gasteiger partial charge is 0.0900 e. The highest BCUT2D eigenvalue weighted by molar-refractivity contribution is 6.42. The van der Waals surface area contributed by atoms with Gasteiger partial charge in [0.2, 0.25) is 0 Å². The summed E-state index contributed by atoms with van der Waals surface area (Å²) in [5.41, 5.74) is 6.24. The molecule has 0 saturated carbocycles. The second kappa shape index (κ2) is 8.85. The fourth-order valence-electron chi connectivity index (χ4n) is 3.82. The van der Waals surface area contributed by atoms with Gasteiger partial charge in [0.25, 0.3) is 0 Å². The molecule has 0 saturated heterocycles. The highest BCUT2D eigenvalue weighted by atomic mass is 35.5. The number of hydrogen-bond acceptors (Lipinski definition) is 4. The number of pyridine rings is 1. The van der Waals surface area contributed by atoms with Gasteiger partial charge in [0, 0.05) is 17.9 Å². The maximum atomic E-state index is 6.39. The zero-order valence-electron chi connectivity index (χ0n) is 18.1. The van der Waals surface area contributed by atoms with E-state index in [4.69, 9.17) is 33.2 Å². The normalized spacial score (nSPS) is 12.1. The van der Waals surface area contributed by atoms with Crippen molar-refractivity contribution in [3.63, 3.8) is 0 Å². The van der Waals surface area contributed by atoms with E-state index in [1.54, 1.807) is 12.4 Å². The largest absolute Gasteiger partial charge is 0.352 e. The number of halogens is 2. The number of hydrogen-bond donors (Lipinski definition) is 1. The van der Waals surface area contributed by atoms with E-state index >= 15 is 0 Å². The van der Waals surface area contributed by atoms with Gasteiger partial charge in [0.15, 0.2) is 0 Å². The number of benzene rings is 3. The second-order valence-electron chi connectivity index (χ2n) is 7.98. The van der Waals surface area contributed by atoms with Crippen molar-refractivity contribution in [1.82, 2.24) is 14.5 Å². The average Bonchev–Trinajstić information content (AvgIpc) is 2.80. The Kier molecular flexibility index (Phi) is 5.75. The topological polar surface area (TPSA) is 55.1 Å². The Hall–Kier alpha value is -3.41. The molecule has 1 aromatic heterocycles. The Morgan fingerprint density at radius 1 is 0.939 bits per heavy atom. The Labute approximate surface area is 201 Å². The summed E-state index contributed by atoms with van der Waals surface area (Å²) in [6.07, 6.45) is 3.53. The molecule has 33 heavy (non-hydrogen) atoms. The third kappa shape index (κ3) is 4.30. The molecular weight excluding hydrogens is 453 g/mol. The van der Waals surface area contributed by atoms with Gasteiger partial charge in [-0.05, 0) is 68.4 Å². The van der Waals surface area contributed by atoms with Gasteiger partial charge in [-0.2, -0.15) is 0 Å². The van der Waals surface area contributed by atoms with Crippen LogP contribution < -0.4 is 10.7 Å². The molecule has 1 aliphatic heterocycles. The summed E-state index contributed by atoms with van der Waals surface area (Å²) in [7, 11) is 0. The molecule has 0 unspecified atom stereocenters. The molecule has 0 amide bonds. The van der Waals surface area contributed by atoms with Crippen molar-refractivity contribution in [2.75, 3.05) is 5.32 Å². The zero-order valence-corrected chi connectivity index (χ0v) is 19.6. The Morgan fingerprint density at radius 3 is 2.55 bits per heavy atom. The second-order valence-corrected chi connectivity index (χ2v) is 8.80. The lowest BCUT2D eigenvalue weighted by molar-refractivity contribution is 0.806. The van der Waals surface area contributed by atoms with Crippen molar-refractivity contribution in [3.8, 4) is 17.1 Å². The number of fused-ring (bicyclic) bond motifs is 2. The average molecular weight is 474 g/mol. The van der Waals surface area contributed by atoms with Crippen LogP contribution in [0, 0.1) is 0 Å². The molecule has 0 bridgehead atoms. The lowest BCUT2D eigenvalue weighted by Crippen LogP contribution is -2.16. The first kappa shape index (κ1) is 21.4. The van der Waals surface area contributed by atoms with Crippen molar-refractivity contribution in [2.45, 2.75) is 19.9 Å². The van der Waals surface area contributed by atoms with Crippen LogP contribution in [0.5, 0.6) is 0 Å². The van der Waals surface area contributed by atoms with Gasteiger partial charge in [-0.1, -0.05) is 35.3 Å². The first-order valence-electron chi connectivity index (χ1n) is 10.6. The van der Waals surface area contributed by atoms with Gasteiger partial charge < -0.3 is 9.88 Å². The van der Waals surface area contributed by atoms with Gasteiger partial charge in [-0.15, -0.1) is 0 Å². The SMILES string of the molecule is CC(C)N=c1cc2n(-c3ccc(Cl)c(Cl)c3)c3ccccc3nc-2cc1Nc1cccnc1. The lowest BCUT2D eigenvalue weighted by Gasteiger charge is -2.20. The Morgan fingerprint density at radius 2 is 1.79 bits per heavy atom. The van der Waals surface area contributed by atoms with E-state index in [0.717, 1.165) is 44.8 Å². The van der Waals surface area contributed by atoms with E-state index in [9.17, 15) is 0 Å². The van der Waals surface area contributed by atoms with Gasteiger partial charge in [0.1, 0.15) is 0 Å². The summed E-state index contributed by atoms with van der Waals surface area (Å²) in [5, 5.41) is 5.30. The van der Waals surface area contributed by atoms with E-state index in [1.807, 2.05) is 60.7 Å². The van der Waals surface area contributed by atoms with Crippen LogP contribution in [0.4, 0.5) is 11.4 Å². The van der Waals surface area contributed by atoms with Crippen molar-refractivity contribution in [2.24, 2.45) is 4.99 Å². The maximum Gasteiger partial charge on any atom is 0.0900 e. The third-order valence-corrected chi connectivity index (χ3v) is 5.94. The van der Waals surface area contributed by atoms with Crippen molar-refractivity contribution < 1.29 is 0 Å². The summed E-state index contributed by atoms with van der Waals surface area (Å²) in [4.78, 5) is 14.0. The molecule has 2 aromatic carbocycles. The molecule has 5 nitrogen and oxygen atoms in total. The Balaban J connectivity index is 1.84. The molecule has 1 N–H and O–H groups in total. The van der Waals surface area contributed by atoms with Crippen molar-refractivity contribution in [1.29, 1.82) is 0 Å². The summed E-state index contributed by atoms with van der Waals surface area (Å²) < 4.78 is 2.15. The molecule has 2 aliphatic rings. The van der Waals surface area contributed by atoms with E-state index in [1.165, 1.54) is 0 Å². The third-order valence-electron chi connectivity index (χ3n) is 5.20. The molecule has 1 aliphatic carbocycles. The zero-order chi connectivity index (χ0) is 22.9. The fraction of sp³-hybridized carbons (Fsp3) is 0.115. The highest BCUT2D eigenvalue weighted by Crippen LogP contribution is 2.32. The van der Waals surface area contributed by atoms with Crippen LogP contribution in [0.25, 0.3) is 28.1 Å². The molecule has 7 heteroatoms. The maximum absolute atomic E-state index is 6.39. The Bertz CT molecular complexity index is 1490. The molecule has 3 aromatic rings. The summed E-state index contributed by atoms with van der Waals surface area (Å²) in [6.45, 7) is 4.12. The summed E-state index contributed by atoms with van der Waals surface area (Å²) >= 11 is 12.6. The van der Waals surface area contributed by atoms with Crippen LogP contribution >= 0.6 is 23.2 Å². The van der Waals surface area contributed by atoms with Crippen molar-refractivity contribution >= 4 is 45.6 Å². The van der Waals surface area contributed by atoms with Crippen LogP contribution in [-0.4, -0.2) is 20.6 Å². The lowest BCUT2D eigenvalue weighted by atomic mass is 10.1. The van der Waals surface area contributed by atoms with E-state index < -0.39 is 0 Å². The van der Waals surface area contributed by atoms with Gasteiger partial charge in [0.05, 0.1) is 55.4 Å². The summed E-state index contributed by atoms with van der Waals surface area (Å²) in [5.74, 6) is 0. The van der Waals surface area contributed by atoms with Gasteiger partial charge >= 0.3 is 0 Å². The first-order valence-corrected chi connectivity index (χ1v) is 11.4. The molecule has 0 spiro atoms. The minimum Gasteiger partial charge on any atom is -0.352 e. The number of nitrogens with zero attached hydrogens (tertiary/aromatic N) is 4. The predicted molar refractivity (Wildman–Crippen MR) is 136 cm³/mol. The number of rotatable bonds is 4. The number of para-hydroxylation sites is 2. The predicted octanol–water partition coefficient (Wildman–Crippen LogP) is 6.88. The van der Waals surface area contributed by atoms with Gasteiger partial charge in [-0.25, -0.2) is 4.98 Å². The minimum absolute atomic E-state index is 0.115. The molecule has 0 radical (unpaired) electrons. The van der Waals surface area contributed by atoms with Crippen LogP contribution in [0.3, 0.4) is 0 Å². The highest BCUT2D eigenvalue weighted by Gasteiger charge is 2.17. The van der Waals surface area contributed by atoms with Crippen LogP contribution in [0.15, 0.2) is 84.1 Å². The van der Waals surface area contributed by atoms with E-state index in [0.29, 0.717) is 10.0 Å². The standard InChI is InChI=1S/C26H21Cl2N5/c1-16(2)30-23-14-26-24(13-22(23)31-17-6-5-11-29-15-17)32-21-7-3-4-8-25(21)33(26)18-9-10-19(27)20(28)12-18/h3-16,31H,1-2H3. The van der Waals surface area contributed by atoms with Crippen LogP contribution in [-0.2, 0) is 0 Å². The molecule has 0 atom stereocenters. The first-order chi connectivity index (χ1) is 16.0. The number of nitrogens with one attached hydrogen (secondary N) is 1. The van der Waals surface area contributed by atoms with E-state index in [-0.39, 0.29) is 6.04 Å². The number of aromatic nitrogens is 3. The van der Waals surface area contributed by atoms with Crippen LogP contribution in [0.1, 0.15) is 13.8 Å². The van der Waals surface area contributed by atoms with Crippen molar-refractivity contribution in [3.05, 3.63) is 94.5 Å². The molecule has 5 rings (SSSR count). The number of anilines is 2. The molecule has 0 fully saturated rings.